The number of thioether (sulfide) groups is 1. The molecule has 2 heterocycles. The zero-order valence-electron chi connectivity index (χ0n) is 8.21. The topological polar surface area (TPSA) is 59.2 Å². The molecule has 2 N–H and O–H groups in total. The average molecular weight is 246 g/mol. The molecule has 1 aromatic heterocycles. The van der Waals surface area contributed by atoms with Gasteiger partial charge in [0.1, 0.15) is 5.82 Å². The first kappa shape index (κ1) is 12.3. The van der Waals surface area contributed by atoms with Crippen LogP contribution in [0.1, 0.15) is 0 Å². The molecule has 0 saturated carbocycles. The van der Waals surface area contributed by atoms with Gasteiger partial charge in [0.25, 0.3) is 0 Å². The summed E-state index contributed by atoms with van der Waals surface area (Å²) < 4.78 is 0. The number of likely N-dealkylation sites (N-methyl/N-ethyl adjacent to an activating group) is 1. The van der Waals surface area contributed by atoms with E-state index in [9.17, 15) is 4.79 Å². The lowest BCUT2D eigenvalue weighted by Crippen LogP contribution is -2.42. The first-order valence-electron chi connectivity index (χ1n) is 4.31. The van der Waals surface area contributed by atoms with Crippen LogP contribution in [0.3, 0.4) is 0 Å². The summed E-state index contributed by atoms with van der Waals surface area (Å²) in [5, 5.41) is 0. The van der Waals surface area contributed by atoms with Gasteiger partial charge in [-0.1, -0.05) is 0 Å². The van der Waals surface area contributed by atoms with Gasteiger partial charge in [-0.15, -0.1) is 24.2 Å². The summed E-state index contributed by atoms with van der Waals surface area (Å²) in [5.74, 6) is 1.24. The third-order valence-corrected chi connectivity index (χ3v) is 3.29. The van der Waals surface area contributed by atoms with E-state index >= 15 is 0 Å². The Morgan fingerprint density at radius 1 is 1.67 bits per heavy atom. The monoisotopic (exact) mass is 245 g/mol. The van der Waals surface area contributed by atoms with Crippen molar-refractivity contribution in [2.75, 3.05) is 17.7 Å². The van der Waals surface area contributed by atoms with E-state index < -0.39 is 6.04 Å². The molecule has 1 aliphatic rings. The van der Waals surface area contributed by atoms with E-state index in [-0.39, 0.29) is 18.3 Å². The van der Waals surface area contributed by atoms with Gasteiger partial charge in [-0.3, -0.25) is 9.69 Å². The third-order valence-electron chi connectivity index (χ3n) is 2.13. The summed E-state index contributed by atoms with van der Waals surface area (Å²) in [7, 11) is 1.71. The van der Waals surface area contributed by atoms with Crippen molar-refractivity contribution in [3.63, 3.8) is 0 Å². The maximum absolute atomic E-state index is 11.7. The van der Waals surface area contributed by atoms with Crippen LogP contribution in [0.15, 0.2) is 23.2 Å². The number of hydrogen-bond acceptors (Lipinski definition) is 4. The summed E-state index contributed by atoms with van der Waals surface area (Å²) >= 11 is 1.58. The number of nitrogens with two attached hydrogens (primary N) is 1. The molecule has 0 fully saturated rings. The molecule has 0 bridgehead atoms. The Morgan fingerprint density at radius 2 is 2.40 bits per heavy atom. The van der Waals surface area contributed by atoms with Crippen LogP contribution >= 0.6 is 24.2 Å². The van der Waals surface area contributed by atoms with Crippen molar-refractivity contribution < 1.29 is 4.79 Å². The molecule has 4 nitrogen and oxygen atoms in total. The van der Waals surface area contributed by atoms with E-state index in [0.29, 0.717) is 11.6 Å². The van der Waals surface area contributed by atoms with Gasteiger partial charge < -0.3 is 5.73 Å². The van der Waals surface area contributed by atoms with E-state index in [0.717, 1.165) is 4.90 Å². The maximum Gasteiger partial charge on any atom is 0.245 e. The summed E-state index contributed by atoms with van der Waals surface area (Å²) in [6.45, 7) is 0. The second kappa shape index (κ2) is 4.83. The number of fused-ring (bicyclic) bond motifs is 1. The van der Waals surface area contributed by atoms with Crippen molar-refractivity contribution >= 4 is 35.9 Å². The number of aromatic nitrogens is 1. The van der Waals surface area contributed by atoms with Crippen LogP contribution in [-0.4, -0.2) is 29.7 Å². The molecule has 0 aliphatic carbocycles. The number of carbonyl (C=O) groups excluding carboxylic acids is 1. The van der Waals surface area contributed by atoms with Crippen LogP contribution in [-0.2, 0) is 4.79 Å². The number of carbonyl (C=O) groups is 1. The highest BCUT2D eigenvalue weighted by molar-refractivity contribution is 7.99. The van der Waals surface area contributed by atoms with Crippen molar-refractivity contribution in [1.82, 2.24) is 4.98 Å². The van der Waals surface area contributed by atoms with Crippen molar-refractivity contribution in [1.29, 1.82) is 0 Å². The molecular formula is C9H12ClN3OS. The van der Waals surface area contributed by atoms with Gasteiger partial charge in [0.15, 0.2) is 0 Å². The lowest BCUT2D eigenvalue weighted by Gasteiger charge is -2.16. The van der Waals surface area contributed by atoms with Crippen molar-refractivity contribution in [3.8, 4) is 0 Å². The highest BCUT2D eigenvalue weighted by Gasteiger charge is 2.26. The van der Waals surface area contributed by atoms with Gasteiger partial charge in [0, 0.05) is 19.0 Å². The number of amides is 1. The summed E-state index contributed by atoms with van der Waals surface area (Å²) in [6.07, 6.45) is 1.68. The molecule has 0 radical (unpaired) electrons. The molecule has 6 heteroatoms. The fourth-order valence-corrected chi connectivity index (χ4v) is 2.35. The minimum absolute atomic E-state index is 0. The lowest BCUT2D eigenvalue weighted by molar-refractivity contribution is -0.119. The van der Waals surface area contributed by atoms with Gasteiger partial charge in [0.2, 0.25) is 5.91 Å². The number of anilines is 1. The fraction of sp³-hybridized carbons (Fsp3) is 0.333. The molecular weight excluding hydrogens is 234 g/mol. The largest absolute Gasteiger partial charge is 0.319 e. The number of pyridine rings is 1. The molecule has 0 aromatic carbocycles. The van der Waals surface area contributed by atoms with E-state index in [4.69, 9.17) is 5.73 Å². The standard InChI is InChI=1S/C9H11N3OS.ClH/c1-12-8-7(3-2-4-11-8)14-5-6(10)9(12)13;/h2-4,6H,5,10H2,1H3;1H/t6-;/m0./s1. The molecule has 82 valence electrons. The Bertz CT molecular complexity index is 374. The minimum Gasteiger partial charge on any atom is -0.319 e. The quantitative estimate of drug-likeness (QED) is 0.738. The van der Waals surface area contributed by atoms with Crippen LogP contribution in [0, 0.1) is 0 Å². The molecule has 2 rings (SSSR count). The van der Waals surface area contributed by atoms with Gasteiger partial charge in [-0.05, 0) is 12.1 Å². The van der Waals surface area contributed by atoms with Crippen LogP contribution in [0.4, 0.5) is 5.82 Å². The molecule has 1 aromatic rings. The zero-order valence-corrected chi connectivity index (χ0v) is 9.85. The Balaban J connectivity index is 0.00000112. The Kier molecular flexibility index (Phi) is 3.96. The first-order valence-corrected chi connectivity index (χ1v) is 5.29. The normalized spacial score (nSPS) is 20.3. The second-order valence-electron chi connectivity index (χ2n) is 3.14. The fourth-order valence-electron chi connectivity index (χ4n) is 1.35. The van der Waals surface area contributed by atoms with Crippen molar-refractivity contribution in [2.24, 2.45) is 5.73 Å². The molecule has 1 atom stereocenters. The van der Waals surface area contributed by atoms with Gasteiger partial charge >= 0.3 is 0 Å². The molecule has 0 saturated heterocycles. The van der Waals surface area contributed by atoms with Gasteiger partial charge in [-0.25, -0.2) is 4.98 Å². The van der Waals surface area contributed by atoms with E-state index in [2.05, 4.69) is 4.98 Å². The summed E-state index contributed by atoms with van der Waals surface area (Å²) in [5.41, 5.74) is 5.71. The van der Waals surface area contributed by atoms with Crippen LogP contribution < -0.4 is 10.6 Å². The lowest BCUT2D eigenvalue weighted by atomic mass is 10.3. The highest BCUT2D eigenvalue weighted by atomic mass is 35.5. The van der Waals surface area contributed by atoms with E-state index in [1.54, 1.807) is 25.0 Å². The number of hydrogen-bond donors (Lipinski definition) is 1. The van der Waals surface area contributed by atoms with E-state index in [1.807, 2.05) is 12.1 Å². The molecule has 15 heavy (non-hydrogen) atoms. The highest BCUT2D eigenvalue weighted by Crippen LogP contribution is 2.30. The second-order valence-corrected chi connectivity index (χ2v) is 4.20. The summed E-state index contributed by atoms with van der Waals surface area (Å²) in [4.78, 5) is 18.4. The third kappa shape index (κ3) is 2.25. The van der Waals surface area contributed by atoms with Crippen LogP contribution in [0.2, 0.25) is 0 Å². The van der Waals surface area contributed by atoms with Gasteiger partial charge in [0.05, 0.1) is 10.9 Å². The predicted octanol–water partition coefficient (Wildman–Crippen LogP) is 0.899. The minimum atomic E-state index is -0.431. The van der Waals surface area contributed by atoms with Gasteiger partial charge in [-0.2, -0.15) is 0 Å². The SMILES string of the molecule is CN1C(=O)[C@@H](N)CSc2cccnc21.Cl. The smallest absolute Gasteiger partial charge is 0.245 e. The van der Waals surface area contributed by atoms with Crippen molar-refractivity contribution in [2.45, 2.75) is 10.9 Å². The first-order chi connectivity index (χ1) is 6.70. The Labute approximate surface area is 98.6 Å². The summed E-state index contributed by atoms with van der Waals surface area (Å²) in [6, 6.07) is 3.38. The van der Waals surface area contributed by atoms with E-state index in [1.165, 1.54) is 4.90 Å². The number of halogens is 1. The van der Waals surface area contributed by atoms with Crippen molar-refractivity contribution in [3.05, 3.63) is 18.3 Å². The molecule has 0 unspecified atom stereocenters. The number of nitrogens with zero attached hydrogens (tertiary/aromatic N) is 2. The average Bonchev–Trinajstić information content (AvgIpc) is 2.32. The van der Waals surface area contributed by atoms with Crippen LogP contribution in [0.5, 0.6) is 0 Å². The molecule has 1 amide bonds. The Hall–Kier alpha value is -0.780. The predicted molar refractivity (Wildman–Crippen MR) is 63.6 cm³/mol. The maximum atomic E-state index is 11.7. The zero-order chi connectivity index (χ0) is 10.1. The molecule has 0 spiro atoms. The molecule has 1 aliphatic heterocycles. The van der Waals surface area contributed by atoms with Crippen LogP contribution in [0.25, 0.3) is 0 Å². The Morgan fingerprint density at radius 3 is 3.13 bits per heavy atom. The number of rotatable bonds is 0.